The molecule has 1 heterocycles. The summed E-state index contributed by atoms with van der Waals surface area (Å²) in [6.45, 7) is 2.46. The van der Waals surface area contributed by atoms with E-state index in [1.165, 1.54) is 47.8 Å². The first kappa shape index (κ1) is 28.4. The number of rotatable bonds is 6. The topological polar surface area (TPSA) is 38.7 Å². The minimum absolute atomic E-state index is 0.414. The molecule has 6 aromatic rings. The Balaban J connectivity index is 1.14. The molecule has 5 aromatic carbocycles. The van der Waals surface area contributed by atoms with E-state index in [0.29, 0.717) is 22.9 Å². The maximum Gasteiger partial charge on any atom is 0.164 e. The Morgan fingerprint density at radius 1 is 0.511 bits per heavy atom. The molecule has 3 fully saturated rings. The molecule has 0 radical (unpaired) electrons. The molecule has 3 saturated carbocycles. The molecular weight excluding hydrogens is 569 g/mol. The lowest BCUT2D eigenvalue weighted by Gasteiger charge is -2.71. The van der Waals surface area contributed by atoms with Crippen LogP contribution in [0.1, 0.15) is 38.2 Å². The monoisotopic (exact) mass is 607 g/mol. The third-order valence-corrected chi connectivity index (χ3v) is 11.4. The van der Waals surface area contributed by atoms with Gasteiger partial charge in [0.1, 0.15) is 7.85 Å². The second-order valence-corrected chi connectivity index (χ2v) is 14.5. The van der Waals surface area contributed by atoms with Crippen LogP contribution in [0.15, 0.2) is 127 Å². The summed E-state index contributed by atoms with van der Waals surface area (Å²) in [5.41, 5.74) is 10.8. The third kappa shape index (κ3) is 4.93. The lowest BCUT2D eigenvalue weighted by atomic mass is 9.33. The summed E-state index contributed by atoms with van der Waals surface area (Å²) in [7, 11) is 2.11. The second kappa shape index (κ2) is 11.2. The molecule has 228 valence electrons. The van der Waals surface area contributed by atoms with E-state index in [1.54, 1.807) is 0 Å². The van der Waals surface area contributed by atoms with Crippen molar-refractivity contribution in [3.05, 3.63) is 133 Å². The largest absolute Gasteiger partial charge is 0.208 e. The van der Waals surface area contributed by atoms with Crippen LogP contribution in [0.2, 0.25) is 0 Å². The lowest BCUT2D eigenvalue weighted by molar-refractivity contribution is -0.163. The van der Waals surface area contributed by atoms with E-state index in [-0.39, 0.29) is 0 Å². The van der Waals surface area contributed by atoms with Crippen LogP contribution >= 0.6 is 0 Å². The van der Waals surface area contributed by atoms with Gasteiger partial charge in [-0.1, -0.05) is 122 Å². The zero-order chi connectivity index (χ0) is 31.5. The van der Waals surface area contributed by atoms with Crippen molar-refractivity contribution < 1.29 is 0 Å². The highest BCUT2D eigenvalue weighted by Crippen LogP contribution is 2.72. The highest BCUT2D eigenvalue weighted by molar-refractivity contribution is 6.32. The minimum atomic E-state index is 0.414. The molecule has 1 aromatic heterocycles. The summed E-state index contributed by atoms with van der Waals surface area (Å²) in [4.78, 5) is 15.4. The number of aromatic nitrogens is 3. The summed E-state index contributed by atoms with van der Waals surface area (Å²) in [5, 5.41) is 0. The van der Waals surface area contributed by atoms with Crippen LogP contribution in [-0.4, -0.2) is 22.8 Å². The molecule has 0 saturated heterocycles. The first-order valence-corrected chi connectivity index (χ1v) is 17.2. The minimum Gasteiger partial charge on any atom is -0.208 e. The van der Waals surface area contributed by atoms with Crippen LogP contribution in [0.3, 0.4) is 0 Å². The maximum absolute atomic E-state index is 5.17. The van der Waals surface area contributed by atoms with Crippen LogP contribution in [0.25, 0.3) is 56.4 Å². The Morgan fingerprint density at radius 3 is 1.47 bits per heavy atom. The first-order chi connectivity index (χ1) is 23.0. The van der Waals surface area contributed by atoms with Gasteiger partial charge in [-0.2, -0.15) is 0 Å². The summed E-state index contributed by atoms with van der Waals surface area (Å²) in [6.07, 6.45) is 5.58. The number of benzene rings is 5. The van der Waals surface area contributed by atoms with Crippen molar-refractivity contribution in [3.8, 4) is 56.4 Å². The van der Waals surface area contributed by atoms with E-state index in [4.69, 9.17) is 15.0 Å². The second-order valence-electron chi connectivity index (χ2n) is 14.5. The van der Waals surface area contributed by atoms with Gasteiger partial charge in [0.2, 0.25) is 0 Å². The van der Waals surface area contributed by atoms with Gasteiger partial charge in [-0.05, 0) is 101 Å². The zero-order valence-electron chi connectivity index (χ0n) is 27.1. The average Bonchev–Trinajstić information content (AvgIpc) is 3.10. The molecule has 3 aliphatic rings. The Bertz CT molecular complexity index is 2000. The number of hydrogen-bond acceptors (Lipinski definition) is 3. The van der Waals surface area contributed by atoms with E-state index in [1.807, 2.05) is 0 Å². The van der Waals surface area contributed by atoms with Gasteiger partial charge < -0.3 is 0 Å². The molecule has 3 aliphatic carbocycles. The van der Waals surface area contributed by atoms with E-state index in [9.17, 15) is 0 Å². The summed E-state index contributed by atoms with van der Waals surface area (Å²) < 4.78 is 0. The fourth-order valence-electron chi connectivity index (χ4n) is 9.30. The molecule has 0 aliphatic heterocycles. The van der Waals surface area contributed by atoms with Crippen molar-refractivity contribution in [2.75, 3.05) is 0 Å². The molecule has 0 amide bonds. The average molecular weight is 608 g/mol. The van der Waals surface area contributed by atoms with Crippen LogP contribution in [-0.2, 0) is 5.41 Å². The molecule has 0 spiro atoms. The van der Waals surface area contributed by atoms with E-state index in [0.717, 1.165) is 51.5 Å². The van der Waals surface area contributed by atoms with Crippen molar-refractivity contribution >= 4 is 13.3 Å². The highest BCUT2D eigenvalue weighted by Gasteiger charge is 2.66. The van der Waals surface area contributed by atoms with Crippen LogP contribution < -0.4 is 5.46 Å². The van der Waals surface area contributed by atoms with Crippen molar-refractivity contribution in [2.45, 2.75) is 38.0 Å². The Morgan fingerprint density at radius 2 is 0.957 bits per heavy atom. The van der Waals surface area contributed by atoms with Gasteiger partial charge in [-0.3, -0.25) is 0 Å². The molecule has 3 nitrogen and oxygen atoms in total. The predicted octanol–water partition coefficient (Wildman–Crippen LogP) is 8.79. The smallest absolute Gasteiger partial charge is 0.164 e. The summed E-state index contributed by atoms with van der Waals surface area (Å²) in [6, 6.07) is 45.5. The van der Waals surface area contributed by atoms with E-state index < -0.39 is 0 Å². The molecule has 0 bridgehead atoms. The fraction of sp³-hybridized carbons (Fsp3) is 0.233. The van der Waals surface area contributed by atoms with Gasteiger partial charge in [0, 0.05) is 16.7 Å². The zero-order valence-corrected chi connectivity index (χ0v) is 27.1. The fourth-order valence-corrected chi connectivity index (χ4v) is 9.30. The number of hydrogen-bond donors (Lipinski definition) is 0. The van der Waals surface area contributed by atoms with E-state index >= 15 is 0 Å². The summed E-state index contributed by atoms with van der Waals surface area (Å²) >= 11 is 0. The standard InChI is InChI=1S/C43H38BN3/c1-27-20-35-25-43(26-36(21-27)39(35)43)37-16-12-30(13-17-37)40-45-41(31-14-18-38(44)19-15-31)47-42(46-40)34-23-32(28-8-4-2-5-9-28)22-33(24-34)29-10-6-3-7-11-29/h2-19,22-24,27,35-36,39H,20-21,25-26,44H2,1H3/t27?,35-,36+,39?,43?. The molecule has 47 heavy (non-hydrogen) atoms. The van der Waals surface area contributed by atoms with Crippen molar-refractivity contribution in [1.29, 1.82) is 0 Å². The van der Waals surface area contributed by atoms with Gasteiger partial charge in [0.15, 0.2) is 17.5 Å². The van der Waals surface area contributed by atoms with Crippen LogP contribution in [0.4, 0.5) is 0 Å². The number of nitrogens with zero attached hydrogens (tertiary/aromatic N) is 3. The highest BCUT2D eigenvalue weighted by atomic mass is 15.0. The third-order valence-electron chi connectivity index (χ3n) is 11.4. The van der Waals surface area contributed by atoms with Crippen LogP contribution in [0, 0.1) is 23.7 Å². The SMILES string of the molecule is Bc1ccc(-c2nc(-c3ccc(C45C[C@H]6CC(C)C[C@@H](C4)C65)cc3)nc(-c3cc(-c4ccccc4)cc(-c4ccccc4)c3)n2)cc1. The van der Waals surface area contributed by atoms with Gasteiger partial charge in [0.05, 0.1) is 0 Å². The van der Waals surface area contributed by atoms with Gasteiger partial charge in [-0.25, -0.2) is 15.0 Å². The van der Waals surface area contributed by atoms with Crippen LogP contribution in [0.5, 0.6) is 0 Å². The Kier molecular flexibility index (Phi) is 6.74. The van der Waals surface area contributed by atoms with Crippen molar-refractivity contribution in [3.63, 3.8) is 0 Å². The van der Waals surface area contributed by atoms with Gasteiger partial charge in [0.25, 0.3) is 0 Å². The normalized spacial score (nSPS) is 24.1. The van der Waals surface area contributed by atoms with Gasteiger partial charge in [-0.15, -0.1) is 0 Å². The van der Waals surface area contributed by atoms with E-state index in [2.05, 4.69) is 142 Å². The molecule has 0 N–H and O–H groups in total. The molecule has 4 heteroatoms. The first-order valence-electron chi connectivity index (χ1n) is 17.2. The van der Waals surface area contributed by atoms with Gasteiger partial charge >= 0.3 is 0 Å². The molecule has 5 atom stereocenters. The Labute approximate surface area is 278 Å². The predicted molar refractivity (Wildman–Crippen MR) is 195 cm³/mol. The van der Waals surface area contributed by atoms with Crippen molar-refractivity contribution in [2.24, 2.45) is 23.7 Å². The molecular formula is C43H38BN3. The molecule has 9 rings (SSSR count). The van der Waals surface area contributed by atoms with Crippen molar-refractivity contribution in [1.82, 2.24) is 15.0 Å². The summed E-state index contributed by atoms with van der Waals surface area (Å²) in [5.74, 6) is 5.77. The Hall–Kier alpha value is -4.83. The lowest BCUT2D eigenvalue weighted by Crippen LogP contribution is -2.66. The quantitative estimate of drug-likeness (QED) is 0.178. The maximum atomic E-state index is 5.17. The molecule has 3 unspecified atom stereocenters.